The number of nitrogens with zero attached hydrogens (tertiary/aromatic N) is 2. The predicted molar refractivity (Wildman–Crippen MR) is 151 cm³/mol. The number of anilines is 1. The van der Waals surface area contributed by atoms with Gasteiger partial charge in [-0.1, -0.05) is 56.0 Å². The second-order valence-electron chi connectivity index (χ2n) is 10.2. The Labute approximate surface area is 227 Å². The van der Waals surface area contributed by atoms with Gasteiger partial charge in [-0.05, 0) is 62.4 Å². The molecule has 0 aliphatic heterocycles. The molecule has 0 bridgehead atoms. The summed E-state index contributed by atoms with van der Waals surface area (Å²) in [5.41, 5.74) is 3.03. The van der Waals surface area contributed by atoms with E-state index >= 15 is 0 Å². The standard InChI is InChI=1S/C29H41N3O5S/c1-6-26(29(34)30-24-10-8-7-9-11-24)31(19-23-13-15-25(37-4)16-14-23)28(33)20-32(38(5,35)36)27-17-12-21(2)18-22(27)3/h12-18,24,26H,6-11,19-20H2,1-5H3,(H,30,34)/t26-/m0/s1. The van der Waals surface area contributed by atoms with Gasteiger partial charge in [0.1, 0.15) is 18.3 Å². The van der Waals surface area contributed by atoms with Gasteiger partial charge in [0, 0.05) is 12.6 Å². The zero-order valence-electron chi connectivity index (χ0n) is 23.2. The second-order valence-corrected chi connectivity index (χ2v) is 12.1. The first-order valence-corrected chi connectivity index (χ1v) is 15.2. The Morgan fingerprint density at radius 1 is 1.05 bits per heavy atom. The highest BCUT2D eigenvalue weighted by atomic mass is 32.2. The van der Waals surface area contributed by atoms with Crippen LogP contribution in [0.1, 0.15) is 62.1 Å². The van der Waals surface area contributed by atoms with Gasteiger partial charge in [-0.3, -0.25) is 13.9 Å². The van der Waals surface area contributed by atoms with Crippen molar-refractivity contribution in [1.29, 1.82) is 0 Å². The molecule has 1 aliphatic rings. The topological polar surface area (TPSA) is 96.0 Å². The maximum absolute atomic E-state index is 13.9. The highest BCUT2D eigenvalue weighted by Crippen LogP contribution is 2.25. The zero-order valence-corrected chi connectivity index (χ0v) is 24.0. The average molecular weight is 544 g/mol. The van der Waals surface area contributed by atoms with Crippen LogP contribution in [0.25, 0.3) is 0 Å². The Balaban J connectivity index is 1.93. The highest BCUT2D eigenvalue weighted by molar-refractivity contribution is 7.92. The minimum atomic E-state index is -3.77. The Morgan fingerprint density at radius 2 is 1.71 bits per heavy atom. The molecule has 2 aromatic carbocycles. The summed E-state index contributed by atoms with van der Waals surface area (Å²) in [7, 11) is -2.19. The maximum Gasteiger partial charge on any atom is 0.244 e. The molecule has 8 nitrogen and oxygen atoms in total. The van der Waals surface area contributed by atoms with Crippen molar-refractivity contribution in [3.63, 3.8) is 0 Å². The minimum absolute atomic E-state index is 0.103. The van der Waals surface area contributed by atoms with Gasteiger partial charge in [0.15, 0.2) is 0 Å². The summed E-state index contributed by atoms with van der Waals surface area (Å²) in [6.45, 7) is 5.40. The molecule has 2 aromatic rings. The van der Waals surface area contributed by atoms with Crippen molar-refractivity contribution in [2.24, 2.45) is 0 Å². The number of hydrogen-bond acceptors (Lipinski definition) is 5. The summed E-state index contributed by atoms with van der Waals surface area (Å²) in [5, 5.41) is 3.16. The number of carbonyl (C=O) groups is 2. The lowest BCUT2D eigenvalue weighted by Crippen LogP contribution is -2.54. The lowest BCUT2D eigenvalue weighted by Gasteiger charge is -2.34. The number of methoxy groups -OCH3 is 1. The number of carbonyl (C=O) groups excluding carboxylic acids is 2. The lowest BCUT2D eigenvalue weighted by molar-refractivity contribution is -0.140. The summed E-state index contributed by atoms with van der Waals surface area (Å²) < 4.78 is 32.1. The molecule has 0 radical (unpaired) electrons. The van der Waals surface area contributed by atoms with E-state index in [4.69, 9.17) is 4.74 Å². The highest BCUT2D eigenvalue weighted by Gasteiger charge is 2.33. The van der Waals surface area contributed by atoms with Crippen molar-refractivity contribution in [2.75, 3.05) is 24.2 Å². The molecular formula is C29H41N3O5S. The van der Waals surface area contributed by atoms with Gasteiger partial charge in [0.25, 0.3) is 0 Å². The molecule has 38 heavy (non-hydrogen) atoms. The number of nitrogens with one attached hydrogen (secondary N) is 1. The van der Waals surface area contributed by atoms with E-state index in [0.717, 1.165) is 52.9 Å². The largest absolute Gasteiger partial charge is 0.497 e. The number of rotatable bonds is 11. The van der Waals surface area contributed by atoms with E-state index in [2.05, 4.69) is 5.32 Å². The van der Waals surface area contributed by atoms with Gasteiger partial charge in [-0.2, -0.15) is 0 Å². The van der Waals surface area contributed by atoms with Gasteiger partial charge < -0.3 is 15.0 Å². The fraction of sp³-hybridized carbons (Fsp3) is 0.517. The van der Waals surface area contributed by atoms with Crippen LogP contribution in [0.5, 0.6) is 5.75 Å². The van der Waals surface area contributed by atoms with Gasteiger partial charge >= 0.3 is 0 Å². The summed E-state index contributed by atoms with van der Waals surface area (Å²) in [4.78, 5) is 28.9. The zero-order chi connectivity index (χ0) is 27.9. The van der Waals surface area contributed by atoms with Crippen LogP contribution in [-0.2, 0) is 26.2 Å². The molecule has 0 heterocycles. The fourth-order valence-electron chi connectivity index (χ4n) is 5.07. The molecule has 3 rings (SSSR count). The van der Waals surface area contributed by atoms with Crippen LogP contribution in [0.2, 0.25) is 0 Å². The molecule has 1 saturated carbocycles. The first-order valence-electron chi connectivity index (χ1n) is 13.3. The molecule has 1 aliphatic carbocycles. The smallest absolute Gasteiger partial charge is 0.244 e. The molecular weight excluding hydrogens is 502 g/mol. The fourth-order valence-corrected chi connectivity index (χ4v) is 5.98. The van der Waals surface area contributed by atoms with Crippen molar-refractivity contribution in [3.05, 3.63) is 59.2 Å². The van der Waals surface area contributed by atoms with E-state index in [1.165, 1.54) is 11.3 Å². The van der Waals surface area contributed by atoms with Gasteiger partial charge in [-0.15, -0.1) is 0 Å². The van der Waals surface area contributed by atoms with Crippen LogP contribution in [0.3, 0.4) is 0 Å². The molecule has 208 valence electrons. The van der Waals surface area contributed by atoms with Gasteiger partial charge in [0.05, 0.1) is 19.1 Å². The van der Waals surface area contributed by atoms with Crippen LogP contribution in [0.4, 0.5) is 5.69 Å². The predicted octanol–water partition coefficient (Wildman–Crippen LogP) is 4.33. The van der Waals surface area contributed by atoms with Crippen molar-refractivity contribution in [1.82, 2.24) is 10.2 Å². The molecule has 1 fully saturated rings. The van der Waals surface area contributed by atoms with E-state index in [0.29, 0.717) is 17.9 Å². The SMILES string of the molecule is CC[C@@H](C(=O)NC1CCCCC1)N(Cc1ccc(OC)cc1)C(=O)CN(c1ccc(C)cc1C)S(C)(=O)=O. The minimum Gasteiger partial charge on any atom is -0.497 e. The Hall–Kier alpha value is -3.07. The van der Waals surface area contributed by atoms with Crippen molar-refractivity contribution >= 4 is 27.5 Å². The van der Waals surface area contributed by atoms with Crippen LogP contribution >= 0.6 is 0 Å². The molecule has 0 saturated heterocycles. The summed E-state index contributed by atoms with van der Waals surface area (Å²) in [6, 6.07) is 12.1. The van der Waals surface area contributed by atoms with E-state index in [1.807, 2.05) is 45.0 Å². The maximum atomic E-state index is 13.9. The van der Waals surface area contributed by atoms with Crippen LogP contribution < -0.4 is 14.4 Å². The van der Waals surface area contributed by atoms with Crippen molar-refractivity contribution in [3.8, 4) is 5.75 Å². The van der Waals surface area contributed by atoms with E-state index in [1.54, 1.807) is 25.3 Å². The lowest BCUT2D eigenvalue weighted by atomic mass is 9.95. The van der Waals surface area contributed by atoms with Crippen LogP contribution in [0, 0.1) is 13.8 Å². The van der Waals surface area contributed by atoms with Gasteiger partial charge in [0.2, 0.25) is 21.8 Å². The van der Waals surface area contributed by atoms with Crippen LogP contribution in [-0.4, -0.2) is 57.1 Å². The molecule has 1 atom stereocenters. The number of aryl methyl sites for hydroxylation is 2. The quantitative estimate of drug-likeness (QED) is 0.455. The van der Waals surface area contributed by atoms with Crippen molar-refractivity contribution < 1.29 is 22.7 Å². The Kier molecular flexibility index (Phi) is 10.2. The average Bonchev–Trinajstić information content (AvgIpc) is 2.88. The van der Waals surface area contributed by atoms with Gasteiger partial charge in [-0.25, -0.2) is 8.42 Å². The van der Waals surface area contributed by atoms with Crippen molar-refractivity contribution in [2.45, 2.75) is 77.9 Å². The third-order valence-electron chi connectivity index (χ3n) is 7.15. The molecule has 9 heteroatoms. The first kappa shape index (κ1) is 29.5. The first-order chi connectivity index (χ1) is 18.0. The Bertz CT molecular complexity index is 1210. The third kappa shape index (κ3) is 7.72. The molecule has 0 spiro atoms. The molecule has 0 aromatic heterocycles. The molecule has 0 unspecified atom stereocenters. The number of hydrogen-bond donors (Lipinski definition) is 1. The Morgan fingerprint density at radius 3 is 2.26 bits per heavy atom. The summed E-state index contributed by atoms with van der Waals surface area (Å²) in [5.74, 6) is 0.0577. The monoisotopic (exact) mass is 543 g/mol. The van der Waals surface area contributed by atoms with E-state index in [-0.39, 0.29) is 18.5 Å². The second kappa shape index (κ2) is 13.1. The number of sulfonamides is 1. The molecule has 1 N–H and O–H groups in total. The normalized spacial score (nSPS) is 15.0. The summed E-state index contributed by atoms with van der Waals surface area (Å²) in [6.07, 6.45) is 6.70. The van der Waals surface area contributed by atoms with E-state index in [9.17, 15) is 18.0 Å². The summed E-state index contributed by atoms with van der Waals surface area (Å²) >= 11 is 0. The third-order valence-corrected chi connectivity index (χ3v) is 8.28. The molecule has 2 amide bonds. The number of ether oxygens (including phenoxy) is 1. The van der Waals surface area contributed by atoms with E-state index < -0.39 is 28.5 Å². The number of amides is 2. The van der Waals surface area contributed by atoms with Crippen LogP contribution in [0.15, 0.2) is 42.5 Å². The number of benzene rings is 2.